The number of nitrogens with one attached hydrogen (secondary N) is 1. The summed E-state index contributed by atoms with van der Waals surface area (Å²) in [6.07, 6.45) is 5.18. The van der Waals surface area contributed by atoms with E-state index in [2.05, 4.69) is 17.5 Å². The van der Waals surface area contributed by atoms with Gasteiger partial charge in [-0.15, -0.1) is 0 Å². The van der Waals surface area contributed by atoms with Crippen LogP contribution >= 0.6 is 11.6 Å². The number of esters is 1. The first kappa shape index (κ1) is 11.6. The molecule has 0 spiro atoms. The topological polar surface area (TPSA) is 38.3 Å². The van der Waals surface area contributed by atoms with Gasteiger partial charge in [-0.05, 0) is 30.2 Å². The molecule has 0 fully saturated rings. The van der Waals surface area contributed by atoms with Gasteiger partial charge in [-0.25, -0.2) is 4.79 Å². The van der Waals surface area contributed by atoms with E-state index < -0.39 is 0 Å². The smallest absolute Gasteiger partial charge is 0.328 e. The van der Waals surface area contributed by atoms with Crippen LogP contribution in [0, 0.1) is 5.92 Å². The van der Waals surface area contributed by atoms with Gasteiger partial charge in [0.05, 0.1) is 7.11 Å². The number of hydrogen-bond acceptors (Lipinski definition) is 3. The Bertz CT molecular complexity index is 527. The van der Waals surface area contributed by atoms with E-state index in [4.69, 9.17) is 16.3 Å². The molecule has 0 amide bonds. The number of methoxy groups -OCH3 is 1. The van der Waals surface area contributed by atoms with Crippen LogP contribution in [0.25, 0.3) is 0 Å². The molecule has 0 bridgehead atoms. The van der Waals surface area contributed by atoms with Crippen LogP contribution in [-0.4, -0.2) is 19.1 Å². The molecule has 1 N–H and O–H groups in total. The fourth-order valence-corrected chi connectivity index (χ4v) is 3.11. The minimum Gasteiger partial charge on any atom is -0.467 e. The van der Waals surface area contributed by atoms with Crippen molar-refractivity contribution in [2.24, 2.45) is 5.92 Å². The van der Waals surface area contributed by atoms with Gasteiger partial charge in [0.1, 0.15) is 6.04 Å². The summed E-state index contributed by atoms with van der Waals surface area (Å²) in [7, 11) is 1.43. The van der Waals surface area contributed by atoms with Crippen LogP contribution in [0.1, 0.15) is 17.9 Å². The van der Waals surface area contributed by atoms with E-state index >= 15 is 0 Å². The highest BCUT2D eigenvalue weighted by Gasteiger charge is 2.41. The Balaban J connectivity index is 2.04. The van der Waals surface area contributed by atoms with E-state index in [1.165, 1.54) is 12.7 Å². The van der Waals surface area contributed by atoms with Gasteiger partial charge in [0.15, 0.2) is 0 Å². The maximum absolute atomic E-state index is 11.8. The number of carbonyl (C=O) groups is 1. The summed E-state index contributed by atoms with van der Waals surface area (Å²) in [4.78, 5) is 11.8. The number of carbonyl (C=O) groups excluding carboxylic acids is 1. The molecule has 3 nitrogen and oxygen atoms in total. The fraction of sp³-hybridized carbons (Fsp3) is 0.357. The van der Waals surface area contributed by atoms with Crippen molar-refractivity contribution < 1.29 is 9.53 Å². The largest absolute Gasteiger partial charge is 0.467 e. The minimum absolute atomic E-state index is 0.200. The van der Waals surface area contributed by atoms with Crippen LogP contribution in [0.2, 0.25) is 5.02 Å². The van der Waals surface area contributed by atoms with E-state index in [-0.39, 0.29) is 23.8 Å². The summed E-state index contributed by atoms with van der Waals surface area (Å²) in [5.74, 6) is 0.279. The molecule has 18 heavy (non-hydrogen) atoms. The van der Waals surface area contributed by atoms with E-state index in [0.29, 0.717) is 0 Å². The van der Waals surface area contributed by atoms with E-state index in [1.54, 1.807) is 0 Å². The van der Waals surface area contributed by atoms with Crippen molar-refractivity contribution in [3.8, 4) is 0 Å². The van der Waals surface area contributed by atoms with Gasteiger partial charge in [0.25, 0.3) is 0 Å². The van der Waals surface area contributed by atoms with Crippen LogP contribution in [-0.2, 0) is 9.53 Å². The van der Waals surface area contributed by atoms with Crippen LogP contribution in [0.5, 0.6) is 0 Å². The van der Waals surface area contributed by atoms with Gasteiger partial charge in [-0.3, -0.25) is 0 Å². The summed E-state index contributed by atoms with van der Waals surface area (Å²) >= 11 is 6.05. The van der Waals surface area contributed by atoms with Gasteiger partial charge >= 0.3 is 5.97 Å². The highest BCUT2D eigenvalue weighted by Crippen LogP contribution is 2.45. The molecule has 1 aliphatic heterocycles. The fourth-order valence-electron chi connectivity index (χ4n) is 2.93. The SMILES string of the molecule is COC(=O)[C@@H]1Nc2ccc(Cl)cc2[C@@H]2C=CC[C@H]12. The standard InChI is InChI=1S/C14H14ClNO2/c1-18-14(17)13-10-4-2-3-9(10)11-7-8(15)5-6-12(11)16-13/h2-3,5-7,9-10,13,16H,4H2,1H3/t9-,10+,13-/m1/s1. The second-order valence-corrected chi connectivity index (χ2v) is 5.17. The maximum atomic E-state index is 11.8. The summed E-state index contributed by atoms with van der Waals surface area (Å²) in [5, 5.41) is 4.00. The van der Waals surface area contributed by atoms with Gasteiger partial charge in [-0.1, -0.05) is 23.8 Å². The number of rotatable bonds is 1. The zero-order chi connectivity index (χ0) is 12.7. The molecule has 94 valence electrons. The Morgan fingerprint density at radius 1 is 1.50 bits per heavy atom. The summed E-state index contributed by atoms with van der Waals surface area (Å²) in [5.41, 5.74) is 2.14. The van der Waals surface area contributed by atoms with Gasteiger partial charge < -0.3 is 10.1 Å². The van der Waals surface area contributed by atoms with E-state index in [9.17, 15) is 4.79 Å². The van der Waals surface area contributed by atoms with Gasteiger partial charge in [0.2, 0.25) is 0 Å². The molecule has 0 saturated heterocycles. The highest BCUT2D eigenvalue weighted by atomic mass is 35.5. The number of allylic oxidation sites excluding steroid dienone is 2. The second-order valence-electron chi connectivity index (χ2n) is 4.73. The molecule has 1 aromatic rings. The quantitative estimate of drug-likeness (QED) is 0.625. The van der Waals surface area contributed by atoms with Crippen LogP contribution in [0.15, 0.2) is 30.4 Å². The molecule has 0 radical (unpaired) electrons. The maximum Gasteiger partial charge on any atom is 0.328 e. The molecule has 1 aliphatic carbocycles. The van der Waals surface area contributed by atoms with Crippen molar-refractivity contribution in [3.05, 3.63) is 40.9 Å². The third-order valence-electron chi connectivity index (χ3n) is 3.78. The van der Waals surface area contributed by atoms with Gasteiger partial charge in [-0.2, -0.15) is 0 Å². The molecule has 1 heterocycles. The average molecular weight is 264 g/mol. The van der Waals surface area contributed by atoms with E-state index in [1.807, 2.05) is 18.2 Å². The van der Waals surface area contributed by atoms with Crippen molar-refractivity contribution in [1.82, 2.24) is 0 Å². The molecule has 3 rings (SSSR count). The number of halogens is 1. The van der Waals surface area contributed by atoms with Crippen LogP contribution in [0.3, 0.4) is 0 Å². The molecule has 0 unspecified atom stereocenters. The molecule has 2 aliphatic rings. The van der Waals surface area contributed by atoms with Crippen LogP contribution in [0.4, 0.5) is 5.69 Å². The summed E-state index contributed by atoms with van der Waals surface area (Å²) in [6.45, 7) is 0. The first-order valence-corrected chi connectivity index (χ1v) is 6.39. The lowest BCUT2D eigenvalue weighted by Crippen LogP contribution is -2.42. The highest BCUT2D eigenvalue weighted by molar-refractivity contribution is 6.30. The summed E-state index contributed by atoms with van der Waals surface area (Å²) < 4.78 is 4.88. The lowest BCUT2D eigenvalue weighted by atomic mass is 9.79. The van der Waals surface area contributed by atoms with Crippen LogP contribution < -0.4 is 5.32 Å². The first-order valence-electron chi connectivity index (χ1n) is 6.01. The average Bonchev–Trinajstić information content (AvgIpc) is 2.86. The molecule has 0 aromatic heterocycles. The second kappa shape index (κ2) is 4.32. The monoisotopic (exact) mass is 263 g/mol. The predicted octanol–water partition coefficient (Wildman–Crippen LogP) is 2.97. The number of hydrogen-bond donors (Lipinski definition) is 1. The Kier molecular flexibility index (Phi) is 2.78. The molecular weight excluding hydrogens is 250 g/mol. The van der Waals surface area contributed by atoms with Gasteiger partial charge in [0, 0.05) is 22.5 Å². The predicted molar refractivity (Wildman–Crippen MR) is 70.9 cm³/mol. The number of fused-ring (bicyclic) bond motifs is 3. The Labute approximate surface area is 111 Å². The van der Waals surface area contributed by atoms with Crippen molar-refractivity contribution in [1.29, 1.82) is 0 Å². The molecule has 4 heteroatoms. The normalized spacial score (nSPS) is 28.2. The third kappa shape index (κ3) is 1.70. The zero-order valence-corrected chi connectivity index (χ0v) is 10.8. The molecule has 0 saturated carbocycles. The first-order chi connectivity index (χ1) is 8.70. The van der Waals surface area contributed by atoms with Crippen molar-refractivity contribution in [3.63, 3.8) is 0 Å². The lowest BCUT2D eigenvalue weighted by Gasteiger charge is -2.35. The zero-order valence-electron chi connectivity index (χ0n) is 10.0. The number of ether oxygens (including phenoxy) is 1. The van der Waals surface area contributed by atoms with Crippen molar-refractivity contribution in [2.45, 2.75) is 18.4 Å². The summed E-state index contributed by atoms with van der Waals surface area (Å²) in [6, 6.07) is 5.46. The Morgan fingerprint density at radius 2 is 2.33 bits per heavy atom. The molecule has 3 atom stereocenters. The molecule has 1 aromatic carbocycles. The number of anilines is 1. The minimum atomic E-state index is -0.274. The Morgan fingerprint density at radius 3 is 3.11 bits per heavy atom. The Hall–Kier alpha value is -1.48. The third-order valence-corrected chi connectivity index (χ3v) is 4.02. The molecular formula is C14H14ClNO2. The van der Waals surface area contributed by atoms with E-state index in [0.717, 1.165) is 17.1 Å². The van der Waals surface area contributed by atoms with Crippen molar-refractivity contribution in [2.75, 3.05) is 12.4 Å². The number of benzene rings is 1. The van der Waals surface area contributed by atoms with Crippen molar-refractivity contribution >= 4 is 23.3 Å². The lowest BCUT2D eigenvalue weighted by molar-refractivity contribution is -0.142.